The molecule has 24 heavy (non-hydrogen) atoms. The van der Waals surface area contributed by atoms with Gasteiger partial charge < -0.3 is 20.1 Å². The molecule has 0 bridgehead atoms. The SMILES string of the molecule is COCC(=O)Nc1ccc(NC(=O)Cc2ccc(OC)cc2)cc1. The van der Waals surface area contributed by atoms with Crippen molar-refractivity contribution in [2.45, 2.75) is 6.42 Å². The third kappa shape index (κ3) is 5.40. The molecule has 0 aromatic heterocycles. The van der Waals surface area contributed by atoms with E-state index in [9.17, 15) is 9.59 Å². The number of rotatable bonds is 7. The van der Waals surface area contributed by atoms with Gasteiger partial charge in [0, 0.05) is 18.5 Å². The first-order valence-corrected chi connectivity index (χ1v) is 7.42. The molecule has 0 fully saturated rings. The van der Waals surface area contributed by atoms with Crippen LogP contribution in [0.3, 0.4) is 0 Å². The number of hydrogen-bond donors (Lipinski definition) is 2. The second kappa shape index (κ2) is 8.69. The Morgan fingerprint density at radius 3 is 1.88 bits per heavy atom. The van der Waals surface area contributed by atoms with Gasteiger partial charge in [-0.3, -0.25) is 9.59 Å². The first-order chi connectivity index (χ1) is 11.6. The number of anilines is 2. The first kappa shape index (κ1) is 17.5. The van der Waals surface area contributed by atoms with Crippen molar-refractivity contribution in [3.05, 3.63) is 54.1 Å². The van der Waals surface area contributed by atoms with Crippen LogP contribution in [0.4, 0.5) is 11.4 Å². The van der Waals surface area contributed by atoms with Crippen LogP contribution in [-0.4, -0.2) is 32.6 Å². The van der Waals surface area contributed by atoms with E-state index in [2.05, 4.69) is 10.6 Å². The normalized spacial score (nSPS) is 10.1. The van der Waals surface area contributed by atoms with Gasteiger partial charge in [-0.15, -0.1) is 0 Å². The predicted octanol–water partition coefficient (Wildman–Crippen LogP) is 2.46. The van der Waals surface area contributed by atoms with Gasteiger partial charge in [-0.1, -0.05) is 12.1 Å². The van der Waals surface area contributed by atoms with Crippen molar-refractivity contribution in [3.8, 4) is 5.75 Å². The highest BCUT2D eigenvalue weighted by Crippen LogP contribution is 2.15. The number of hydrogen-bond acceptors (Lipinski definition) is 4. The van der Waals surface area contributed by atoms with Crippen molar-refractivity contribution in [2.24, 2.45) is 0 Å². The van der Waals surface area contributed by atoms with Gasteiger partial charge in [0.25, 0.3) is 0 Å². The van der Waals surface area contributed by atoms with Gasteiger partial charge >= 0.3 is 0 Å². The smallest absolute Gasteiger partial charge is 0.250 e. The van der Waals surface area contributed by atoms with Crippen LogP contribution in [0.25, 0.3) is 0 Å². The van der Waals surface area contributed by atoms with Crippen molar-refractivity contribution < 1.29 is 19.1 Å². The van der Waals surface area contributed by atoms with Gasteiger partial charge in [0.15, 0.2) is 0 Å². The molecule has 0 spiro atoms. The molecule has 0 radical (unpaired) electrons. The summed E-state index contributed by atoms with van der Waals surface area (Å²) < 4.78 is 9.83. The van der Waals surface area contributed by atoms with Crippen LogP contribution in [0.15, 0.2) is 48.5 Å². The molecule has 2 N–H and O–H groups in total. The van der Waals surface area contributed by atoms with Crippen molar-refractivity contribution in [1.82, 2.24) is 0 Å². The van der Waals surface area contributed by atoms with Crippen LogP contribution in [0, 0.1) is 0 Å². The molecule has 2 aromatic rings. The number of carbonyl (C=O) groups excluding carboxylic acids is 2. The maximum atomic E-state index is 12.1. The van der Waals surface area contributed by atoms with Crippen molar-refractivity contribution in [3.63, 3.8) is 0 Å². The predicted molar refractivity (Wildman–Crippen MR) is 92.3 cm³/mol. The summed E-state index contributed by atoms with van der Waals surface area (Å²) in [6.07, 6.45) is 0.274. The average Bonchev–Trinajstić information content (AvgIpc) is 2.57. The minimum atomic E-state index is -0.228. The summed E-state index contributed by atoms with van der Waals surface area (Å²) in [5.74, 6) is 0.412. The molecule has 0 aliphatic heterocycles. The Hall–Kier alpha value is -2.86. The molecule has 2 aromatic carbocycles. The highest BCUT2D eigenvalue weighted by Gasteiger charge is 2.06. The fourth-order valence-electron chi connectivity index (χ4n) is 2.10. The zero-order valence-corrected chi connectivity index (χ0v) is 13.7. The molecule has 2 rings (SSSR count). The monoisotopic (exact) mass is 328 g/mol. The van der Waals surface area contributed by atoms with Crippen molar-refractivity contribution >= 4 is 23.2 Å². The van der Waals surface area contributed by atoms with Crippen LogP contribution in [-0.2, 0) is 20.7 Å². The number of methoxy groups -OCH3 is 2. The maximum Gasteiger partial charge on any atom is 0.250 e. The fraction of sp³-hybridized carbons (Fsp3) is 0.222. The van der Waals surface area contributed by atoms with E-state index >= 15 is 0 Å². The van der Waals surface area contributed by atoms with Gasteiger partial charge in [-0.05, 0) is 42.0 Å². The lowest BCUT2D eigenvalue weighted by atomic mass is 10.1. The van der Waals surface area contributed by atoms with Crippen LogP contribution >= 0.6 is 0 Å². The summed E-state index contributed by atoms with van der Waals surface area (Å²) in [6.45, 7) is 0.000346. The van der Waals surface area contributed by atoms with E-state index in [1.54, 1.807) is 31.4 Å². The number of nitrogens with one attached hydrogen (secondary N) is 2. The Kier molecular flexibility index (Phi) is 6.33. The molecular formula is C18H20N2O4. The summed E-state index contributed by atoms with van der Waals surface area (Å²) in [5.41, 5.74) is 2.21. The molecule has 0 unspecified atom stereocenters. The van der Waals surface area contributed by atoms with E-state index < -0.39 is 0 Å². The Labute approximate surface area is 140 Å². The van der Waals surface area contributed by atoms with Gasteiger partial charge in [0.1, 0.15) is 12.4 Å². The molecule has 0 saturated heterocycles. The van der Waals surface area contributed by atoms with Gasteiger partial charge in [-0.2, -0.15) is 0 Å². The molecule has 6 nitrogen and oxygen atoms in total. The third-order valence-electron chi connectivity index (χ3n) is 3.25. The number of ether oxygens (including phenoxy) is 2. The summed E-state index contributed by atoms with van der Waals surface area (Å²) in [6, 6.07) is 14.2. The molecular weight excluding hydrogens is 308 g/mol. The van der Waals surface area contributed by atoms with E-state index in [4.69, 9.17) is 9.47 Å². The minimum absolute atomic E-state index is 0.000346. The van der Waals surface area contributed by atoms with E-state index in [0.717, 1.165) is 11.3 Å². The highest BCUT2D eigenvalue weighted by molar-refractivity contribution is 5.94. The standard InChI is InChI=1S/C18H20N2O4/c1-23-12-18(22)20-15-7-5-14(6-8-15)19-17(21)11-13-3-9-16(24-2)10-4-13/h3-10H,11-12H2,1-2H3,(H,19,21)(H,20,22). The molecule has 0 saturated carbocycles. The summed E-state index contributed by atoms with van der Waals surface area (Å²) in [7, 11) is 3.06. The Bertz CT molecular complexity index is 681. The lowest BCUT2D eigenvalue weighted by Crippen LogP contribution is -2.17. The summed E-state index contributed by atoms with van der Waals surface area (Å²) in [4.78, 5) is 23.5. The summed E-state index contributed by atoms with van der Waals surface area (Å²) in [5, 5.41) is 5.50. The largest absolute Gasteiger partial charge is 0.497 e. The molecule has 0 aliphatic rings. The quantitative estimate of drug-likeness (QED) is 0.818. The zero-order chi connectivity index (χ0) is 17.4. The molecule has 2 amide bonds. The Morgan fingerprint density at radius 1 is 0.833 bits per heavy atom. The fourth-order valence-corrected chi connectivity index (χ4v) is 2.10. The second-order valence-electron chi connectivity index (χ2n) is 5.13. The average molecular weight is 328 g/mol. The topological polar surface area (TPSA) is 76.7 Å². The number of benzene rings is 2. The van der Waals surface area contributed by atoms with Gasteiger partial charge in [0.05, 0.1) is 13.5 Å². The van der Waals surface area contributed by atoms with Gasteiger partial charge in [0.2, 0.25) is 11.8 Å². The third-order valence-corrected chi connectivity index (χ3v) is 3.25. The minimum Gasteiger partial charge on any atom is -0.497 e. The van der Waals surface area contributed by atoms with Crippen LogP contribution < -0.4 is 15.4 Å². The van der Waals surface area contributed by atoms with Crippen molar-refractivity contribution in [2.75, 3.05) is 31.5 Å². The molecule has 6 heteroatoms. The lowest BCUT2D eigenvalue weighted by molar-refractivity contribution is -0.119. The van der Waals surface area contributed by atoms with E-state index in [-0.39, 0.29) is 24.8 Å². The van der Waals surface area contributed by atoms with Crippen molar-refractivity contribution in [1.29, 1.82) is 0 Å². The second-order valence-corrected chi connectivity index (χ2v) is 5.13. The molecule has 0 aliphatic carbocycles. The van der Waals surface area contributed by atoms with Crippen LogP contribution in [0.2, 0.25) is 0 Å². The van der Waals surface area contributed by atoms with E-state index in [1.165, 1.54) is 7.11 Å². The molecule has 0 atom stereocenters. The van der Waals surface area contributed by atoms with Gasteiger partial charge in [-0.25, -0.2) is 0 Å². The first-order valence-electron chi connectivity index (χ1n) is 7.42. The lowest BCUT2D eigenvalue weighted by Gasteiger charge is -2.08. The zero-order valence-electron chi connectivity index (χ0n) is 13.7. The maximum absolute atomic E-state index is 12.1. The highest BCUT2D eigenvalue weighted by atomic mass is 16.5. The molecule has 126 valence electrons. The van der Waals surface area contributed by atoms with E-state index in [1.807, 2.05) is 24.3 Å². The van der Waals surface area contributed by atoms with Crippen LogP contribution in [0.5, 0.6) is 5.75 Å². The number of amides is 2. The Morgan fingerprint density at radius 2 is 1.38 bits per heavy atom. The Balaban J connectivity index is 1.88. The summed E-state index contributed by atoms with van der Waals surface area (Å²) >= 11 is 0. The van der Waals surface area contributed by atoms with E-state index in [0.29, 0.717) is 11.4 Å². The number of carbonyl (C=O) groups is 2. The molecule has 0 heterocycles. The van der Waals surface area contributed by atoms with Crippen LogP contribution in [0.1, 0.15) is 5.56 Å².